The molecule has 12 heavy (non-hydrogen) atoms. The molecule has 0 saturated heterocycles. The largest absolute Gasteiger partial charge is 0.368 e. The average molecular weight is 176 g/mol. The summed E-state index contributed by atoms with van der Waals surface area (Å²) in [6.07, 6.45) is 1.94. The normalized spacial score (nSPS) is 16.0. The Hall–Kier alpha value is -0.120. The maximum atomic E-state index is 8.91. The first-order valence-corrected chi connectivity index (χ1v) is 4.65. The summed E-state index contributed by atoms with van der Waals surface area (Å²) in [4.78, 5) is 0. The predicted octanol–water partition coefficient (Wildman–Crippen LogP) is 1.89. The second kappa shape index (κ2) is 7.53. The Morgan fingerprint density at radius 2 is 2.00 bits per heavy atom. The van der Waals surface area contributed by atoms with Gasteiger partial charge in [0, 0.05) is 6.61 Å². The van der Waals surface area contributed by atoms with Crippen LogP contribution in [0.2, 0.25) is 0 Å². The van der Waals surface area contributed by atoms with Gasteiger partial charge in [-0.25, -0.2) is 0 Å². The van der Waals surface area contributed by atoms with Gasteiger partial charge >= 0.3 is 0 Å². The molecule has 0 fully saturated rings. The predicted molar refractivity (Wildman–Crippen MR) is 47.7 cm³/mol. The van der Waals surface area contributed by atoms with Crippen LogP contribution in [-0.4, -0.2) is 24.3 Å². The van der Waals surface area contributed by atoms with Crippen molar-refractivity contribution in [1.82, 2.24) is 0 Å². The number of aliphatic hydroxyl groups is 1. The molecule has 0 radical (unpaired) electrons. The van der Waals surface area contributed by atoms with Crippen molar-refractivity contribution in [2.75, 3.05) is 6.61 Å². The first kappa shape index (κ1) is 11.9. The molecule has 0 amide bonds. The molecule has 0 saturated carbocycles. The Bertz CT molecular complexity index is 93.8. The summed E-state index contributed by atoms with van der Waals surface area (Å²) < 4.78 is 10.4. The lowest BCUT2D eigenvalue weighted by molar-refractivity contribution is -0.222. The smallest absolute Gasteiger partial charge is 0.160 e. The number of hydrogen-bond acceptors (Lipinski definition) is 3. The van der Waals surface area contributed by atoms with Gasteiger partial charge < -0.3 is 14.6 Å². The van der Waals surface area contributed by atoms with Crippen LogP contribution in [0.4, 0.5) is 0 Å². The minimum Gasteiger partial charge on any atom is -0.368 e. The van der Waals surface area contributed by atoms with Gasteiger partial charge in [0.2, 0.25) is 0 Å². The van der Waals surface area contributed by atoms with Gasteiger partial charge in [-0.3, -0.25) is 0 Å². The summed E-state index contributed by atoms with van der Waals surface area (Å²) in [7, 11) is 0. The summed E-state index contributed by atoms with van der Waals surface area (Å²) in [6.45, 7) is 6.38. The van der Waals surface area contributed by atoms with Gasteiger partial charge in [-0.05, 0) is 19.8 Å². The number of rotatable bonds is 7. The van der Waals surface area contributed by atoms with Gasteiger partial charge in [0.05, 0.1) is 0 Å². The molecule has 3 heteroatoms. The van der Waals surface area contributed by atoms with E-state index < -0.39 is 6.29 Å². The van der Waals surface area contributed by atoms with Gasteiger partial charge in [-0.2, -0.15) is 0 Å². The Balaban J connectivity index is 3.39. The fraction of sp³-hybridized carbons (Fsp3) is 1.00. The number of ether oxygens (including phenoxy) is 2. The van der Waals surface area contributed by atoms with Crippen molar-refractivity contribution in [2.45, 2.75) is 52.6 Å². The molecule has 0 aliphatic heterocycles. The van der Waals surface area contributed by atoms with Crippen LogP contribution in [0, 0.1) is 0 Å². The standard InChI is InChI=1S/C9H20O3/c1-4-6-7-11-9(5-2)12-8(3)10/h8-10H,4-7H2,1-3H3. The van der Waals surface area contributed by atoms with E-state index in [0.717, 1.165) is 19.3 Å². The van der Waals surface area contributed by atoms with Crippen molar-refractivity contribution >= 4 is 0 Å². The van der Waals surface area contributed by atoms with Crippen molar-refractivity contribution in [3.8, 4) is 0 Å². The van der Waals surface area contributed by atoms with Gasteiger partial charge in [-0.1, -0.05) is 20.3 Å². The van der Waals surface area contributed by atoms with Crippen molar-refractivity contribution in [3.05, 3.63) is 0 Å². The molecule has 2 unspecified atom stereocenters. The first-order valence-electron chi connectivity index (χ1n) is 4.65. The highest BCUT2D eigenvalue weighted by Crippen LogP contribution is 2.04. The molecule has 0 aromatic rings. The van der Waals surface area contributed by atoms with Crippen LogP contribution in [0.1, 0.15) is 40.0 Å². The number of unbranched alkanes of at least 4 members (excludes halogenated alkanes) is 1. The summed E-state index contributed by atoms with van der Waals surface area (Å²) in [6, 6.07) is 0. The van der Waals surface area contributed by atoms with E-state index in [1.807, 2.05) is 6.92 Å². The lowest BCUT2D eigenvalue weighted by atomic mass is 10.3. The SMILES string of the molecule is CCCCOC(CC)OC(C)O. The fourth-order valence-electron chi connectivity index (χ4n) is 0.832. The molecule has 0 aromatic carbocycles. The van der Waals surface area contributed by atoms with Crippen molar-refractivity contribution < 1.29 is 14.6 Å². The van der Waals surface area contributed by atoms with E-state index >= 15 is 0 Å². The molecule has 1 N–H and O–H groups in total. The minimum atomic E-state index is -0.739. The fourth-order valence-corrected chi connectivity index (χ4v) is 0.832. The summed E-state index contributed by atoms with van der Waals surface area (Å²) >= 11 is 0. The molecule has 0 aliphatic carbocycles. The zero-order valence-corrected chi connectivity index (χ0v) is 8.25. The quantitative estimate of drug-likeness (QED) is 0.475. The maximum Gasteiger partial charge on any atom is 0.160 e. The highest BCUT2D eigenvalue weighted by Gasteiger charge is 2.08. The van der Waals surface area contributed by atoms with E-state index in [-0.39, 0.29) is 6.29 Å². The molecule has 0 bridgehead atoms. The Morgan fingerprint density at radius 1 is 1.33 bits per heavy atom. The van der Waals surface area contributed by atoms with Crippen LogP contribution in [0.25, 0.3) is 0 Å². The van der Waals surface area contributed by atoms with E-state index in [9.17, 15) is 0 Å². The van der Waals surface area contributed by atoms with E-state index in [1.54, 1.807) is 6.92 Å². The van der Waals surface area contributed by atoms with Gasteiger partial charge in [-0.15, -0.1) is 0 Å². The van der Waals surface area contributed by atoms with Crippen LogP contribution in [0.3, 0.4) is 0 Å². The highest BCUT2D eigenvalue weighted by atomic mass is 16.7. The summed E-state index contributed by atoms with van der Waals surface area (Å²) in [5, 5.41) is 8.91. The second-order valence-corrected chi connectivity index (χ2v) is 2.80. The summed E-state index contributed by atoms with van der Waals surface area (Å²) in [5.41, 5.74) is 0. The zero-order valence-electron chi connectivity index (χ0n) is 8.25. The minimum absolute atomic E-state index is 0.253. The molecule has 0 rings (SSSR count). The second-order valence-electron chi connectivity index (χ2n) is 2.80. The van der Waals surface area contributed by atoms with Crippen LogP contribution < -0.4 is 0 Å². The molecule has 0 spiro atoms. The number of hydrogen-bond donors (Lipinski definition) is 1. The number of aliphatic hydroxyl groups excluding tert-OH is 1. The van der Waals surface area contributed by atoms with Crippen LogP contribution in [-0.2, 0) is 9.47 Å². The third-order valence-electron chi connectivity index (χ3n) is 1.48. The molecule has 0 aromatic heterocycles. The topological polar surface area (TPSA) is 38.7 Å². The van der Waals surface area contributed by atoms with Crippen molar-refractivity contribution in [2.24, 2.45) is 0 Å². The third kappa shape index (κ3) is 6.58. The zero-order chi connectivity index (χ0) is 9.40. The van der Waals surface area contributed by atoms with Gasteiger partial charge in [0.1, 0.15) is 0 Å². The molecule has 2 atom stereocenters. The molecular weight excluding hydrogens is 156 g/mol. The Morgan fingerprint density at radius 3 is 2.42 bits per heavy atom. The molecular formula is C9H20O3. The van der Waals surface area contributed by atoms with E-state index in [2.05, 4.69) is 6.92 Å². The van der Waals surface area contributed by atoms with Crippen molar-refractivity contribution in [1.29, 1.82) is 0 Å². The van der Waals surface area contributed by atoms with Crippen LogP contribution in [0.5, 0.6) is 0 Å². The molecule has 0 heterocycles. The lowest BCUT2D eigenvalue weighted by Crippen LogP contribution is -2.22. The Labute approximate surface area is 74.7 Å². The maximum absolute atomic E-state index is 8.91. The van der Waals surface area contributed by atoms with E-state index in [1.165, 1.54) is 0 Å². The van der Waals surface area contributed by atoms with Crippen molar-refractivity contribution in [3.63, 3.8) is 0 Å². The third-order valence-corrected chi connectivity index (χ3v) is 1.48. The molecule has 74 valence electrons. The monoisotopic (exact) mass is 176 g/mol. The van der Waals surface area contributed by atoms with E-state index in [4.69, 9.17) is 14.6 Å². The van der Waals surface area contributed by atoms with Crippen LogP contribution >= 0.6 is 0 Å². The average Bonchev–Trinajstić information content (AvgIpc) is 2.02. The van der Waals surface area contributed by atoms with Gasteiger partial charge in [0.15, 0.2) is 12.6 Å². The Kier molecular flexibility index (Phi) is 7.45. The van der Waals surface area contributed by atoms with Gasteiger partial charge in [0.25, 0.3) is 0 Å². The van der Waals surface area contributed by atoms with E-state index in [0.29, 0.717) is 6.61 Å². The molecule has 3 nitrogen and oxygen atoms in total. The lowest BCUT2D eigenvalue weighted by Gasteiger charge is -2.18. The summed E-state index contributed by atoms with van der Waals surface area (Å²) in [5.74, 6) is 0. The molecule has 0 aliphatic rings. The first-order chi connectivity index (χ1) is 5.70. The highest BCUT2D eigenvalue weighted by molar-refractivity contribution is 4.41. The van der Waals surface area contributed by atoms with Crippen LogP contribution in [0.15, 0.2) is 0 Å².